The van der Waals surface area contributed by atoms with Crippen LogP contribution < -0.4 is 0 Å². The lowest BCUT2D eigenvalue weighted by Gasteiger charge is -2.18. The van der Waals surface area contributed by atoms with Crippen molar-refractivity contribution in [3.63, 3.8) is 0 Å². The van der Waals surface area contributed by atoms with Crippen molar-refractivity contribution < 1.29 is 0 Å². The van der Waals surface area contributed by atoms with Gasteiger partial charge in [0, 0.05) is 18.3 Å². The lowest BCUT2D eigenvalue weighted by Crippen LogP contribution is -2.24. The van der Waals surface area contributed by atoms with Crippen molar-refractivity contribution in [1.29, 1.82) is 5.41 Å². The maximum Gasteiger partial charge on any atom is 0.0958 e. The summed E-state index contributed by atoms with van der Waals surface area (Å²) >= 11 is 1.75. The Balaban J connectivity index is 2.41. The van der Waals surface area contributed by atoms with Gasteiger partial charge in [0.15, 0.2) is 0 Å². The highest BCUT2D eigenvalue weighted by Crippen LogP contribution is 2.11. The van der Waals surface area contributed by atoms with Gasteiger partial charge in [0.2, 0.25) is 0 Å². The number of thiophene rings is 1. The summed E-state index contributed by atoms with van der Waals surface area (Å²) in [6.07, 6.45) is 1.93. The van der Waals surface area contributed by atoms with E-state index in [-0.39, 0.29) is 0 Å². The van der Waals surface area contributed by atoms with Crippen molar-refractivity contribution in [2.24, 2.45) is 0 Å². The molecule has 1 N–H and O–H groups in total. The Bertz CT molecular complexity index is 254. The lowest BCUT2D eigenvalue weighted by molar-refractivity contribution is 0.488. The van der Waals surface area contributed by atoms with Gasteiger partial charge in [-0.2, -0.15) is 0 Å². The van der Waals surface area contributed by atoms with Crippen LogP contribution in [0.5, 0.6) is 0 Å². The fourth-order valence-electron chi connectivity index (χ4n) is 1.16. The summed E-state index contributed by atoms with van der Waals surface area (Å²) in [5, 5.41) is 9.80. The molecule has 0 aliphatic carbocycles. The van der Waals surface area contributed by atoms with Crippen molar-refractivity contribution in [3.05, 3.63) is 22.4 Å². The van der Waals surface area contributed by atoms with Crippen molar-refractivity contribution >= 4 is 17.2 Å². The minimum absolute atomic E-state index is 0.732. The fraction of sp³-hybridized carbons (Fsp3) is 0.500. The molecular weight excluding hydrogens is 180 g/mol. The minimum Gasteiger partial charge on any atom is -0.358 e. The second kappa shape index (κ2) is 5.02. The Labute approximate surface area is 83.7 Å². The van der Waals surface area contributed by atoms with Gasteiger partial charge in [-0.3, -0.25) is 5.41 Å². The molecule has 0 atom stereocenters. The van der Waals surface area contributed by atoms with Crippen molar-refractivity contribution in [3.8, 4) is 0 Å². The summed E-state index contributed by atoms with van der Waals surface area (Å²) < 4.78 is 0. The van der Waals surface area contributed by atoms with Crippen LogP contribution in [-0.4, -0.2) is 17.8 Å². The Hall–Kier alpha value is -0.830. The molecule has 0 aromatic carbocycles. The highest BCUT2D eigenvalue weighted by molar-refractivity contribution is 7.09. The van der Waals surface area contributed by atoms with Gasteiger partial charge in [0.05, 0.1) is 12.4 Å². The Morgan fingerprint density at radius 3 is 2.92 bits per heavy atom. The first-order valence-electron chi connectivity index (χ1n) is 4.55. The van der Waals surface area contributed by atoms with Gasteiger partial charge in [0.1, 0.15) is 0 Å². The zero-order valence-corrected chi connectivity index (χ0v) is 9.03. The van der Waals surface area contributed by atoms with Gasteiger partial charge >= 0.3 is 0 Å². The molecule has 13 heavy (non-hydrogen) atoms. The van der Waals surface area contributed by atoms with E-state index in [2.05, 4.69) is 24.4 Å². The monoisotopic (exact) mass is 196 g/mol. The zero-order chi connectivity index (χ0) is 9.68. The third-order valence-electron chi connectivity index (χ3n) is 1.92. The third kappa shape index (κ3) is 3.19. The third-order valence-corrected chi connectivity index (χ3v) is 2.78. The number of hydrogen-bond donors (Lipinski definition) is 1. The molecule has 1 aromatic heterocycles. The largest absolute Gasteiger partial charge is 0.358 e. The number of amidine groups is 1. The van der Waals surface area contributed by atoms with Crippen molar-refractivity contribution in [2.75, 3.05) is 7.05 Å². The molecule has 72 valence electrons. The van der Waals surface area contributed by atoms with E-state index >= 15 is 0 Å². The maximum absolute atomic E-state index is 7.73. The zero-order valence-electron chi connectivity index (χ0n) is 8.21. The molecule has 0 aliphatic heterocycles. The molecule has 0 fully saturated rings. The predicted molar refractivity (Wildman–Crippen MR) is 58.4 cm³/mol. The second-order valence-corrected chi connectivity index (χ2v) is 4.16. The van der Waals surface area contributed by atoms with E-state index in [9.17, 15) is 0 Å². The van der Waals surface area contributed by atoms with Crippen LogP contribution in [0.2, 0.25) is 0 Å². The molecule has 0 radical (unpaired) electrons. The standard InChI is InChI=1S/C10H16N2S/c1-3-5-10(11)12(2)8-9-6-4-7-13-9/h4,6-7,11H,3,5,8H2,1-2H3. The predicted octanol–water partition coefficient (Wildman–Crippen LogP) is 2.96. The van der Waals surface area contributed by atoms with E-state index < -0.39 is 0 Å². The molecule has 0 saturated heterocycles. The van der Waals surface area contributed by atoms with E-state index in [4.69, 9.17) is 5.41 Å². The number of rotatable bonds is 4. The Morgan fingerprint density at radius 1 is 1.62 bits per heavy atom. The van der Waals surface area contributed by atoms with E-state index in [1.807, 2.05) is 11.9 Å². The topological polar surface area (TPSA) is 27.1 Å². The van der Waals surface area contributed by atoms with Crippen molar-refractivity contribution in [2.45, 2.75) is 26.3 Å². The van der Waals surface area contributed by atoms with Crippen LogP contribution in [0.15, 0.2) is 17.5 Å². The average Bonchev–Trinajstić information content (AvgIpc) is 2.57. The van der Waals surface area contributed by atoms with Gasteiger partial charge < -0.3 is 4.90 Å². The fourth-order valence-corrected chi connectivity index (χ4v) is 1.92. The molecule has 0 unspecified atom stereocenters. The van der Waals surface area contributed by atoms with E-state index in [1.54, 1.807) is 11.3 Å². The molecule has 0 aliphatic rings. The quantitative estimate of drug-likeness (QED) is 0.581. The summed E-state index contributed by atoms with van der Waals surface area (Å²) in [6, 6.07) is 4.16. The van der Waals surface area contributed by atoms with Crippen LogP contribution in [-0.2, 0) is 6.54 Å². The summed E-state index contributed by atoms with van der Waals surface area (Å²) in [6.45, 7) is 2.98. The van der Waals surface area contributed by atoms with Gasteiger partial charge in [-0.05, 0) is 17.9 Å². The molecule has 1 rings (SSSR count). The van der Waals surface area contributed by atoms with Crippen LogP contribution in [0.25, 0.3) is 0 Å². The molecular formula is C10H16N2S. The van der Waals surface area contributed by atoms with Gasteiger partial charge in [-0.15, -0.1) is 11.3 Å². The summed E-state index contributed by atoms with van der Waals surface area (Å²) in [5.74, 6) is 0.732. The maximum atomic E-state index is 7.73. The van der Waals surface area contributed by atoms with E-state index in [1.165, 1.54) is 4.88 Å². The first-order valence-corrected chi connectivity index (χ1v) is 5.43. The molecule has 2 nitrogen and oxygen atoms in total. The summed E-state index contributed by atoms with van der Waals surface area (Å²) in [7, 11) is 1.98. The van der Waals surface area contributed by atoms with Crippen molar-refractivity contribution in [1.82, 2.24) is 4.90 Å². The van der Waals surface area contributed by atoms with Gasteiger partial charge in [0.25, 0.3) is 0 Å². The molecule has 0 saturated carbocycles. The Morgan fingerprint density at radius 2 is 2.38 bits per heavy atom. The molecule has 1 heterocycles. The van der Waals surface area contributed by atoms with Crippen LogP contribution in [0.1, 0.15) is 24.6 Å². The molecule has 0 amide bonds. The first-order chi connectivity index (χ1) is 6.24. The molecule has 3 heteroatoms. The van der Waals surface area contributed by atoms with Crippen LogP contribution in [0, 0.1) is 5.41 Å². The first kappa shape index (κ1) is 10.3. The lowest BCUT2D eigenvalue weighted by atomic mass is 10.3. The molecule has 0 bridgehead atoms. The highest BCUT2D eigenvalue weighted by atomic mass is 32.1. The smallest absolute Gasteiger partial charge is 0.0958 e. The second-order valence-electron chi connectivity index (χ2n) is 3.13. The normalized spacial score (nSPS) is 10.0. The number of nitrogens with zero attached hydrogens (tertiary/aromatic N) is 1. The summed E-state index contributed by atoms with van der Waals surface area (Å²) in [5.41, 5.74) is 0. The van der Waals surface area contributed by atoms with E-state index in [0.717, 1.165) is 25.2 Å². The molecule has 0 spiro atoms. The van der Waals surface area contributed by atoms with E-state index in [0.29, 0.717) is 0 Å². The van der Waals surface area contributed by atoms with Gasteiger partial charge in [-0.1, -0.05) is 13.0 Å². The van der Waals surface area contributed by atoms with Crippen LogP contribution in [0.4, 0.5) is 0 Å². The van der Waals surface area contributed by atoms with Crippen LogP contribution in [0.3, 0.4) is 0 Å². The minimum atomic E-state index is 0.732. The summed E-state index contributed by atoms with van der Waals surface area (Å²) in [4.78, 5) is 3.33. The SMILES string of the molecule is CCCC(=N)N(C)Cc1cccs1. The number of nitrogens with one attached hydrogen (secondary N) is 1. The average molecular weight is 196 g/mol. The highest BCUT2D eigenvalue weighted by Gasteiger charge is 2.04. The van der Waals surface area contributed by atoms with Crippen LogP contribution >= 0.6 is 11.3 Å². The Kier molecular flexibility index (Phi) is 3.96. The number of hydrogen-bond acceptors (Lipinski definition) is 2. The molecule has 1 aromatic rings. The van der Waals surface area contributed by atoms with Gasteiger partial charge in [-0.25, -0.2) is 0 Å².